The number of nitrogens with one attached hydrogen (secondary N) is 1. The van der Waals surface area contributed by atoms with Crippen molar-refractivity contribution in [2.45, 2.75) is 11.8 Å². The summed E-state index contributed by atoms with van der Waals surface area (Å²) >= 11 is 1.11. The molecule has 22 heavy (non-hydrogen) atoms. The standard InChI is InChI=1S/C15H14N2O4S/c16-13(18)15-17-14(19)12(22-15)10(11-7-20-8-21-11)6-9-4-2-1-3-5-9/h1-5,7,15H,6,8H2,(H2,16,18)(H,17,19). The summed E-state index contributed by atoms with van der Waals surface area (Å²) in [6, 6.07) is 9.68. The van der Waals surface area contributed by atoms with Gasteiger partial charge in [0.1, 0.15) is 6.26 Å². The van der Waals surface area contributed by atoms with E-state index in [9.17, 15) is 9.59 Å². The van der Waals surface area contributed by atoms with Crippen LogP contribution < -0.4 is 11.1 Å². The molecular formula is C15H14N2O4S. The summed E-state index contributed by atoms with van der Waals surface area (Å²) in [4.78, 5) is 23.9. The number of nitrogens with two attached hydrogens (primary N) is 1. The second kappa shape index (κ2) is 6.15. The predicted octanol–water partition coefficient (Wildman–Crippen LogP) is 1.00. The molecular weight excluding hydrogens is 304 g/mol. The van der Waals surface area contributed by atoms with Crippen molar-refractivity contribution in [2.75, 3.05) is 6.79 Å². The minimum absolute atomic E-state index is 0.117. The molecule has 3 rings (SSSR count). The van der Waals surface area contributed by atoms with Crippen LogP contribution in [0.4, 0.5) is 0 Å². The van der Waals surface area contributed by atoms with Crippen LogP contribution in [0.15, 0.2) is 52.8 Å². The summed E-state index contributed by atoms with van der Waals surface area (Å²) in [5.41, 5.74) is 6.98. The number of amides is 2. The number of carbonyl (C=O) groups is 2. The average molecular weight is 318 g/mol. The molecule has 6 nitrogen and oxygen atoms in total. The number of ether oxygens (including phenoxy) is 2. The average Bonchev–Trinajstić information content (AvgIpc) is 3.16. The highest BCUT2D eigenvalue weighted by atomic mass is 32.2. The molecule has 3 N–H and O–H groups in total. The van der Waals surface area contributed by atoms with E-state index in [-0.39, 0.29) is 12.7 Å². The fourth-order valence-corrected chi connectivity index (χ4v) is 3.20. The Morgan fingerprint density at radius 1 is 1.36 bits per heavy atom. The first-order valence-corrected chi connectivity index (χ1v) is 7.52. The summed E-state index contributed by atoms with van der Waals surface area (Å²) in [7, 11) is 0. The van der Waals surface area contributed by atoms with E-state index in [0.717, 1.165) is 17.3 Å². The highest BCUT2D eigenvalue weighted by Crippen LogP contribution is 2.35. The zero-order valence-corrected chi connectivity index (χ0v) is 12.4. The fraction of sp³-hybridized carbons (Fsp3) is 0.200. The number of rotatable bonds is 4. The topological polar surface area (TPSA) is 90.7 Å². The number of carbonyl (C=O) groups excluding carboxylic acids is 2. The summed E-state index contributed by atoms with van der Waals surface area (Å²) in [5, 5.41) is 1.81. The van der Waals surface area contributed by atoms with Gasteiger partial charge in [-0.05, 0) is 5.56 Å². The van der Waals surface area contributed by atoms with Gasteiger partial charge in [0, 0.05) is 12.0 Å². The lowest BCUT2D eigenvalue weighted by molar-refractivity contribution is -0.122. The van der Waals surface area contributed by atoms with Crippen molar-refractivity contribution in [1.82, 2.24) is 5.32 Å². The van der Waals surface area contributed by atoms with Gasteiger partial charge in [-0.1, -0.05) is 42.1 Å². The van der Waals surface area contributed by atoms with Crippen molar-refractivity contribution in [3.8, 4) is 0 Å². The Balaban J connectivity index is 1.96. The molecule has 0 aromatic heterocycles. The minimum atomic E-state index is -0.754. The van der Waals surface area contributed by atoms with Gasteiger partial charge in [-0.15, -0.1) is 0 Å². The lowest BCUT2D eigenvalue weighted by Gasteiger charge is -2.10. The maximum atomic E-state index is 12.2. The molecule has 0 aliphatic carbocycles. The zero-order chi connectivity index (χ0) is 15.5. The van der Waals surface area contributed by atoms with Gasteiger partial charge in [-0.3, -0.25) is 9.59 Å². The zero-order valence-electron chi connectivity index (χ0n) is 11.6. The van der Waals surface area contributed by atoms with Crippen molar-refractivity contribution in [2.24, 2.45) is 5.73 Å². The molecule has 2 heterocycles. The smallest absolute Gasteiger partial charge is 0.259 e. The van der Waals surface area contributed by atoms with E-state index in [1.165, 1.54) is 6.26 Å². The SMILES string of the molecule is NC(=O)C1NC(=O)C(=C(Cc2ccccc2)C2=COCO2)S1. The molecule has 2 aliphatic heterocycles. The van der Waals surface area contributed by atoms with Crippen molar-refractivity contribution in [3.05, 3.63) is 58.4 Å². The molecule has 1 aromatic rings. The molecule has 7 heteroatoms. The third-order valence-electron chi connectivity index (χ3n) is 3.23. The predicted molar refractivity (Wildman–Crippen MR) is 81.0 cm³/mol. The molecule has 1 unspecified atom stereocenters. The first-order valence-electron chi connectivity index (χ1n) is 6.64. The van der Waals surface area contributed by atoms with Crippen LogP contribution in [0, 0.1) is 0 Å². The molecule has 2 aliphatic rings. The molecule has 0 spiro atoms. The minimum Gasteiger partial charge on any atom is -0.461 e. The van der Waals surface area contributed by atoms with Gasteiger partial charge in [-0.2, -0.15) is 0 Å². The molecule has 1 fully saturated rings. The molecule has 1 atom stereocenters. The van der Waals surface area contributed by atoms with Gasteiger partial charge in [0.25, 0.3) is 11.8 Å². The van der Waals surface area contributed by atoms with E-state index >= 15 is 0 Å². The number of hydrogen-bond donors (Lipinski definition) is 2. The molecule has 0 saturated carbocycles. The molecule has 2 amide bonds. The summed E-state index contributed by atoms with van der Waals surface area (Å²) in [6.07, 6.45) is 1.98. The van der Waals surface area contributed by atoms with E-state index in [4.69, 9.17) is 15.2 Å². The van der Waals surface area contributed by atoms with Crippen molar-refractivity contribution >= 4 is 23.6 Å². The van der Waals surface area contributed by atoms with Crippen LogP contribution in [0.2, 0.25) is 0 Å². The lowest BCUT2D eigenvalue weighted by Crippen LogP contribution is -2.36. The largest absolute Gasteiger partial charge is 0.461 e. The Kier molecular flexibility index (Phi) is 4.06. The number of hydrogen-bond acceptors (Lipinski definition) is 5. The second-order valence-corrected chi connectivity index (χ2v) is 5.87. The van der Waals surface area contributed by atoms with Crippen molar-refractivity contribution in [1.29, 1.82) is 0 Å². The fourth-order valence-electron chi connectivity index (χ4n) is 2.20. The van der Waals surface area contributed by atoms with Gasteiger partial charge in [0.2, 0.25) is 6.79 Å². The number of primary amides is 1. The lowest BCUT2D eigenvalue weighted by atomic mass is 10.0. The third-order valence-corrected chi connectivity index (χ3v) is 4.48. The van der Waals surface area contributed by atoms with Gasteiger partial charge < -0.3 is 20.5 Å². The molecule has 114 valence electrons. The molecule has 1 saturated heterocycles. The van der Waals surface area contributed by atoms with Gasteiger partial charge in [0.15, 0.2) is 11.1 Å². The Morgan fingerprint density at radius 3 is 2.73 bits per heavy atom. The third kappa shape index (κ3) is 2.94. The first kappa shape index (κ1) is 14.5. The van der Waals surface area contributed by atoms with E-state index in [1.54, 1.807) is 0 Å². The van der Waals surface area contributed by atoms with Crippen molar-refractivity contribution in [3.63, 3.8) is 0 Å². The Labute approximate surface area is 131 Å². The van der Waals surface area contributed by atoms with Crippen LogP contribution >= 0.6 is 11.8 Å². The van der Waals surface area contributed by atoms with Crippen LogP contribution in [0.25, 0.3) is 0 Å². The summed E-state index contributed by atoms with van der Waals surface area (Å²) in [6.45, 7) is 0.117. The normalized spacial score (nSPS) is 22.5. The number of thioether (sulfide) groups is 1. The maximum Gasteiger partial charge on any atom is 0.259 e. The highest BCUT2D eigenvalue weighted by molar-refractivity contribution is 8.05. The summed E-state index contributed by atoms with van der Waals surface area (Å²) in [5.74, 6) is -0.396. The van der Waals surface area contributed by atoms with Gasteiger partial charge >= 0.3 is 0 Å². The monoisotopic (exact) mass is 318 g/mol. The maximum absolute atomic E-state index is 12.2. The van der Waals surface area contributed by atoms with Crippen LogP contribution in [0.1, 0.15) is 5.56 Å². The highest BCUT2D eigenvalue weighted by Gasteiger charge is 2.35. The van der Waals surface area contributed by atoms with Crippen LogP contribution in [-0.4, -0.2) is 24.0 Å². The van der Waals surface area contributed by atoms with E-state index in [1.807, 2.05) is 30.3 Å². The molecule has 0 radical (unpaired) electrons. The quantitative estimate of drug-likeness (QED) is 0.808. The van der Waals surface area contributed by atoms with E-state index in [2.05, 4.69) is 5.32 Å². The van der Waals surface area contributed by atoms with Gasteiger partial charge in [0.05, 0.1) is 4.91 Å². The Bertz CT molecular complexity index is 669. The Morgan fingerprint density at radius 2 is 2.14 bits per heavy atom. The van der Waals surface area contributed by atoms with Crippen LogP contribution in [0.3, 0.4) is 0 Å². The summed E-state index contributed by atoms with van der Waals surface area (Å²) < 4.78 is 10.5. The molecule has 1 aromatic carbocycles. The van der Waals surface area contributed by atoms with Crippen molar-refractivity contribution < 1.29 is 19.1 Å². The number of benzene rings is 1. The Hall–Kier alpha value is -2.41. The second-order valence-electron chi connectivity index (χ2n) is 4.75. The number of allylic oxidation sites excluding steroid dienone is 1. The van der Waals surface area contributed by atoms with E-state index in [0.29, 0.717) is 22.7 Å². The molecule has 0 bridgehead atoms. The van der Waals surface area contributed by atoms with Crippen LogP contribution in [0.5, 0.6) is 0 Å². The van der Waals surface area contributed by atoms with Crippen LogP contribution in [-0.2, 0) is 25.5 Å². The first-order chi connectivity index (χ1) is 10.6. The van der Waals surface area contributed by atoms with Gasteiger partial charge in [-0.25, -0.2) is 0 Å². The van der Waals surface area contributed by atoms with E-state index < -0.39 is 11.3 Å².